The van der Waals surface area contributed by atoms with Crippen molar-refractivity contribution in [3.8, 4) is 0 Å². The molecular weight excluding hydrogens is 262 g/mol. The second-order valence-electron chi connectivity index (χ2n) is 6.29. The quantitative estimate of drug-likeness (QED) is 0.926. The van der Waals surface area contributed by atoms with E-state index in [-0.39, 0.29) is 6.03 Å². The van der Waals surface area contributed by atoms with Crippen LogP contribution in [0.4, 0.5) is 10.5 Å². The third-order valence-corrected chi connectivity index (χ3v) is 4.16. The molecule has 0 aliphatic carbocycles. The molecule has 1 saturated heterocycles. The zero-order valence-corrected chi connectivity index (χ0v) is 13.6. The van der Waals surface area contributed by atoms with Gasteiger partial charge in [-0.05, 0) is 31.4 Å². The molecule has 0 aromatic heterocycles. The summed E-state index contributed by atoms with van der Waals surface area (Å²) in [6.07, 6.45) is 0. The average molecular weight is 289 g/mol. The van der Waals surface area contributed by atoms with E-state index in [1.807, 2.05) is 23.1 Å². The van der Waals surface area contributed by atoms with Gasteiger partial charge in [0.05, 0.1) is 0 Å². The first kappa shape index (κ1) is 15.8. The number of anilines is 1. The molecule has 0 saturated carbocycles. The maximum Gasteiger partial charge on any atom is 0.321 e. The summed E-state index contributed by atoms with van der Waals surface area (Å²) in [5.41, 5.74) is 2.12. The van der Waals surface area contributed by atoms with Gasteiger partial charge in [-0.1, -0.05) is 32.0 Å². The van der Waals surface area contributed by atoms with Gasteiger partial charge < -0.3 is 10.2 Å². The molecule has 4 nitrogen and oxygen atoms in total. The van der Waals surface area contributed by atoms with Gasteiger partial charge in [0.2, 0.25) is 0 Å². The molecular formula is C17H27N3O. The van der Waals surface area contributed by atoms with Crippen LogP contribution in [0, 0.1) is 0 Å². The van der Waals surface area contributed by atoms with Crippen molar-refractivity contribution in [3.05, 3.63) is 29.8 Å². The van der Waals surface area contributed by atoms with Gasteiger partial charge in [0.1, 0.15) is 0 Å². The van der Waals surface area contributed by atoms with Gasteiger partial charge in [-0.25, -0.2) is 4.79 Å². The Balaban J connectivity index is 1.97. The molecule has 1 aromatic rings. The molecule has 0 bridgehead atoms. The second kappa shape index (κ2) is 6.94. The minimum atomic E-state index is 0.0199. The lowest BCUT2D eigenvalue weighted by Crippen LogP contribution is -2.51. The molecule has 2 amide bonds. The number of rotatable bonds is 3. The maximum absolute atomic E-state index is 12.4. The number of hydrogen-bond acceptors (Lipinski definition) is 2. The van der Waals surface area contributed by atoms with E-state index in [1.54, 1.807) is 0 Å². The molecule has 1 aliphatic rings. The van der Waals surface area contributed by atoms with Crippen molar-refractivity contribution < 1.29 is 4.79 Å². The van der Waals surface area contributed by atoms with E-state index in [0.29, 0.717) is 12.0 Å². The maximum atomic E-state index is 12.4. The molecule has 21 heavy (non-hydrogen) atoms. The first-order valence-electron chi connectivity index (χ1n) is 7.88. The van der Waals surface area contributed by atoms with Crippen LogP contribution >= 0.6 is 0 Å². The van der Waals surface area contributed by atoms with E-state index >= 15 is 0 Å². The van der Waals surface area contributed by atoms with E-state index in [0.717, 1.165) is 31.9 Å². The van der Waals surface area contributed by atoms with Crippen LogP contribution in [0.25, 0.3) is 0 Å². The van der Waals surface area contributed by atoms with Crippen molar-refractivity contribution in [2.75, 3.05) is 31.5 Å². The highest BCUT2D eigenvalue weighted by atomic mass is 16.2. The largest absolute Gasteiger partial charge is 0.322 e. The zero-order chi connectivity index (χ0) is 15.4. The van der Waals surface area contributed by atoms with Gasteiger partial charge in [-0.2, -0.15) is 0 Å². The molecule has 1 aromatic carbocycles. The topological polar surface area (TPSA) is 35.6 Å². The molecule has 1 N–H and O–H groups in total. The highest BCUT2D eigenvalue weighted by Crippen LogP contribution is 2.24. The highest BCUT2D eigenvalue weighted by Gasteiger charge is 2.22. The highest BCUT2D eigenvalue weighted by molar-refractivity contribution is 5.90. The van der Waals surface area contributed by atoms with Crippen LogP contribution in [0.2, 0.25) is 0 Å². The summed E-state index contributed by atoms with van der Waals surface area (Å²) in [5, 5.41) is 3.07. The average Bonchev–Trinajstić information content (AvgIpc) is 2.47. The van der Waals surface area contributed by atoms with Gasteiger partial charge in [-0.3, -0.25) is 4.90 Å². The second-order valence-corrected chi connectivity index (χ2v) is 6.29. The molecule has 0 atom stereocenters. The molecule has 4 heteroatoms. The van der Waals surface area contributed by atoms with E-state index < -0.39 is 0 Å². The molecule has 116 valence electrons. The number of hydrogen-bond donors (Lipinski definition) is 1. The molecule has 0 spiro atoms. The van der Waals surface area contributed by atoms with Crippen LogP contribution in [0.3, 0.4) is 0 Å². The van der Waals surface area contributed by atoms with Gasteiger partial charge in [-0.15, -0.1) is 0 Å². The van der Waals surface area contributed by atoms with Crippen LogP contribution in [0.1, 0.15) is 39.2 Å². The lowest BCUT2D eigenvalue weighted by atomic mass is 10.0. The van der Waals surface area contributed by atoms with Gasteiger partial charge in [0.25, 0.3) is 0 Å². The number of urea groups is 1. The molecule has 2 rings (SSSR count). The van der Waals surface area contributed by atoms with Gasteiger partial charge in [0, 0.05) is 37.9 Å². The van der Waals surface area contributed by atoms with Crippen LogP contribution in [0.15, 0.2) is 24.3 Å². The van der Waals surface area contributed by atoms with Crippen molar-refractivity contribution in [1.29, 1.82) is 0 Å². The number of carbonyl (C=O) groups excluding carboxylic acids is 1. The predicted octanol–water partition coefficient (Wildman–Crippen LogP) is 3.37. The normalized spacial score (nSPS) is 16.6. The summed E-state index contributed by atoms with van der Waals surface area (Å²) in [6.45, 7) is 12.2. The van der Waals surface area contributed by atoms with Crippen molar-refractivity contribution >= 4 is 11.7 Å². The number of amides is 2. The summed E-state index contributed by atoms with van der Waals surface area (Å²) >= 11 is 0. The summed E-state index contributed by atoms with van der Waals surface area (Å²) in [6, 6.07) is 8.63. The summed E-state index contributed by atoms with van der Waals surface area (Å²) in [5.74, 6) is 0.402. The molecule has 0 unspecified atom stereocenters. The summed E-state index contributed by atoms with van der Waals surface area (Å²) in [7, 11) is 0. The van der Waals surface area contributed by atoms with Crippen LogP contribution < -0.4 is 5.32 Å². The SMILES string of the molecule is CC(C)c1ccccc1NC(=O)N1CCN(C(C)C)CC1. The van der Waals surface area contributed by atoms with E-state index in [4.69, 9.17) is 0 Å². The summed E-state index contributed by atoms with van der Waals surface area (Å²) in [4.78, 5) is 16.7. The number of benzene rings is 1. The van der Waals surface area contributed by atoms with E-state index in [2.05, 4.69) is 44.0 Å². The Morgan fingerprint density at radius 3 is 2.24 bits per heavy atom. The zero-order valence-electron chi connectivity index (χ0n) is 13.6. The number of carbonyl (C=O) groups is 1. The van der Waals surface area contributed by atoms with Crippen molar-refractivity contribution in [2.45, 2.75) is 39.7 Å². The Bertz CT molecular complexity index is 477. The number of para-hydroxylation sites is 1. The molecule has 1 aliphatic heterocycles. The fourth-order valence-corrected chi connectivity index (χ4v) is 2.75. The van der Waals surface area contributed by atoms with Gasteiger partial charge >= 0.3 is 6.03 Å². The molecule has 1 fully saturated rings. The van der Waals surface area contributed by atoms with Gasteiger partial charge in [0.15, 0.2) is 0 Å². The lowest BCUT2D eigenvalue weighted by Gasteiger charge is -2.37. The lowest BCUT2D eigenvalue weighted by molar-refractivity contribution is 0.125. The van der Waals surface area contributed by atoms with E-state index in [1.165, 1.54) is 5.56 Å². The standard InChI is InChI=1S/C17H27N3O/c1-13(2)15-7-5-6-8-16(15)18-17(21)20-11-9-19(10-12-20)14(3)4/h5-8,13-14H,9-12H2,1-4H3,(H,18,21). The Labute approximate surface area is 128 Å². The van der Waals surface area contributed by atoms with Crippen molar-refractivity contribution in [2.24, 2.45) is 0 Å². The molecule has 0 radical (unpaired) electrons. The predicted molar refractivity (Wildman–Crippen MR) is 87.8 cm³/mol. The smallest absolute Gasteiger partial charge is 0.321 e. The number of piperazine rings is 1. The summed E-state index contributed by atoms with van der Waals surface area (Å²) < 4.78 is 0. The Morgan fingerprint density at radius 2 is 1.67 bits per heavy atom. The minimum absolute atomic E-state index is 0.0199. The minimum Gasteiger partial charge on any atom is -0.322 e. The number of nitrogens with one attached hydrogen (secondary N) is 1. The Morgan fingerprint density at radius 1 is 1.05 bits per heavy atom. The van der Waals surface area contributed by atoms with E-state index in [9.17, 15) is 4.79 Å². The number of nitrogens with zero attached hydrogens (tertiary/aromatic N) is 2. The van der Waals surface area contributed by atoms with Crippen LogP contribution in [0.5, 0.6) is 0 Å². The van der Waals surface area contributed by atoms with Crippen molar-refractivity contribution in [1.82, 2.24) is 9.80 Å². The van der Waals surface area contributed by atoms with Crippen LogP contribution in [-0.2, 0) is 0 Å². The Kier molecular flexibility index (Phi) is 5.23. The Hall–Kier alpha value is -1.55. The molecule has 1 heterocycles. The monoisotopic (exact) mass is 289 g/mol. The third kappa shape index (κ3) is 3.97. The van der Waals surface area contributed by atoms with Crippen molar-refractivity contribution in [3.63, 3.8) is 0 Å². The fraction of sp³-hybridized carbons (Fsp3) is 0.588. The van der Waals surface area contributed by atoms with Crippen LogP contribution in [-0.4, -0.2) is 48.1 Å². The first-order chi connectivity index (χ1) is 9.99. The third-order valence-electron chi connectivity index (χ3n) is 4.16. The fourth-order valence-electron chi connectivity index (χ4n) is 2.75. The first-order valence-corrected chi connectivity index (χ1v) is 7.88.